The highest BCUT2D eigenvalue weighted by Gasteiger charge is 2.11. The van der Waals surface area contributed by atoms with Gasteiger partial charge in [0.2, 0.25) is 0 Å². The highest BCUT2D eigenvalue weighted by Crippen LogP contribution is 2.16. The predicted molar refractivity (Wildman–Crippen MR) is 50.0 cm³/mol. The Labute approximate surface area is 81.9 Å². The van der Waals surface area contributed by atoms with Crippen LogP contribution in [0.5, 0.6) is 0 Å². The molecule has 1 aromatic carbocycles. The molecule has 0 saturated heterocycles. The molecule has 1 unspecified atom stereocenters. The maximum absolute atomic E-state index is 12.9. The molecule has 0 aliphatic rings. The number of halogens is 2. The Balaban J connectivity index is 2.88. The first-order valence-electron chi connectivity index (χ1n) is 4.30. The van der Waals surface area contributed by atoms with Gasteiger partial charge in [-0.15, -0.1) is 0 Å². The first kappa shape index (κ1) is 11.1. The van der Waals surface area contributed by atoms with Crippen LogP contribution in [0.2, 0.25) is 0 Å². The van der Waals surface area contributed by atoms with Crippen LogP contribution in [0.3, 0.4) is 0 Å². The quantitative estimate of drug-likeness (QED) is 0.803. The minimum absolute atomic E-state index is 0.116. The molecule has 0 fully saturated rings. The highest BCUT2D eigenvalue weighted by atomic mass is 19.2. The lowest BCUT2D eigenvalue weighted by atomic mass is 10.1. The van der Waals surface area contributed by atoms with Crippen molar-refractivity contribution in [1.29, 1.82) is 0 Å². The van der Waals surface area contributed by atoms with E-state index in [1.807, 2.05) is 0 Å². The van der Waals surface area contributed by atoms with Crippen LogP contribution in [0.15, 0.2) is 18.2 Å². The average Bonchev–Trinajstić information content (AvgIpc) is 2.19. The zero-order valence-corrected chi connectivity index (χ0v) is 8.18. The fourth-order valence-corrected chi connectivity index (χ4v) is 1.24. The minimum Gasteiger partial charge on any atom is -0.383 e. The molecule has 1 atom stereocenters. The molecule has 0 amide bonds. The third-order valence-corrected chi connectivity index (χ3v) is 2.03. The molecule has 0 aliphatic carbocycles. The zero-order chi connectivity index (χ0) is 10.6. The van der Waals surface area contributed by atoms with E-state index >= 15 is 0 Å². The maximum Gasteiger partial charge on any atom is 0.159 e. The minimum atomic E-state index is -0.834. The van der Waals surface area contributed by atoms with E-state index < -0.39 is 11.6 Å². The third kappa shape index (κ3) is 2.49. The summed E-state index contributed by atoms with van der Waals surface area (Å²) in [5.74, 6) is -1.67. The molecular formula is C10H13F2NO. The number of methoxy groups -OCH3 is 1. The van der Waals surface area contributed by atoms with E-state index in [1.54, 1.807) is 20.2 Å². The van der Waals surface area contributed by atoms with Crippen molar-refractivity contribution in [3.8, 4) is 0 Å². The largest absolute Gasteiger partial charge is 0.383 e. The lowest BCUT2D eigenvalue weighted by Crippen LogP contribution is -2.21. The lowest BCUT2D eigenvalue weighted by Gasteiger charge is -2.15. The Hall–Kier alpha value is -1.00. The zero-order valence-electron chi connectivity index (χ0n) is 8.18. The second-order valence-electron chi connectivity index (χ2n) is 2.97. The van der Waals surface area contributed by atoms with Gasteiger partial charge in [-0.05, 0) is 24.7 Å². The molecule has 0 aliphatic heterocycles. The number of nitrogens with one attached hydrogen (secondary N) is 1. The molecule has 2 nitrogen and oxygen atoms in total. The van der Waals surface area contributed by atoms with Crippen LogP contribution in [0.25, 0.3) is 0 Å². The van der Waals surface area contributed by atoms with E-state index in [-0.39, 0.29) is 6.04 Å². The van der Waals surface area contributed by atoms with E-state index in [4.69, 9.17) is 4.74 Å². The van der Waals surface area contributed by atoms with Crippen molar-refractivity contribution < 1.29 is 13.5 Å². The molecule has 0 spiro atoms. The summed E-state index contributed by atoms with van der Waals surface area (Å²) in [6.45, 7) is 0.418. The molecule has 0 radical (unpaired) electrons. The summed E-state index contributed by atoms with van der Waals surface area (Å²) in [6.07, 6.45) is 0. The van der Waals surface area contributed by atoms with Crippen LogP contribution in [0.4, 0.5) is 8.78 Å². The Kier molecular flexibility index (Phi) is 3.98. The van der Waals surface area contributed by atoms with Crippen molar-refractivity contribution in [2.75, 3.05) is 20.8 Å². The van der Waals surface area contributed by atoms with Crippen LogP contribution in [0.1, 0.15) is 11.6 Å². The normalized spacial score (nSPS) is 12.9. The van der Waals surface area contributed by atoms with Gasteiger partial charge in [-0.25, -0.2) is 8.78 Å². The van der Waals surface area contributed by atoms with E-state index in [1.165, 1.54) is 6.07 Å². The molecule has 78 valence electrons. The fourth-order valence-electron chi connectivity index (χ4n) is 1.24. The van der Waals surface area contributed by atoms with Crippen LogP contribution < -0.4 is 5.32 Å². The number of hydrogen-bond donors (Lipinski definition) is 1. The van der Waals surface area contributed by atoms with Crippen LogP contribution in [0, 0.1) is 11.6 Å². The van der Waals surface area contributed by atoms with Gasteiger partial charge in [-0.2, -0.15) is 0 Å². The van der Waals surface area contributed by atoms with Gasteiger partial charge in [-0.3, -0.25) is 0 Å². The fraction of sp³-hybridized carbons (Fsp3) is 0.400. The standard InChI is InChI=1S/C10H13F2NO/c1-13-10(6-14-2)7-3-4-8(11)9(12)5-7/h3-5,10,13H,6H2,1-2H3. The Morgan fingerprint density at radius 1 is 1.36 bits per heavy atom. The van der Waals surface area contributed by atoms with Crippen molar-refractivity contribution >= 4 is 0 Å². The molecule has 1 rings (SSSR count). The van der Waals surface area contributed by atoms with Gasteiger partial charge in [-0.1, -0.05) is 6.07 Å². The number of hydrogen-bond acceptors (Lipinski definition) is 2. The number of benzene rings is 1. The van der Waals surface area contributed by atoms with Crippen molar-refractivity contribution in [2.45, 2.75) is 6.04 Å². The molecule has 14 heavy (non-hydrogen) atoms. The summed E-state index contributed by atoms with van der Waals surface area (Å²) in [7, 11) is 3.30. The Morgan fingerprint density at radius 3 is 2.57 bits per heavy atom. The summed E-state index contributed by atoms with van der Waals surface area (Å²) in [6, 6.07) is 3.72. The van der Waals surface area contributed by atoms with E-state index in [0.717, 1.165) is 6.07 Å². The molecule has 0 bridgehead atoms. The van der Waals surface area contributed by atoms with E-state index in [9.17, 15) is 8.78 Å². The van der Waals surface area contributed by atoms with Crippen LogP contribution in [-0.2, 0) is 4.74 Å². The van der Waals surface area contributed by atoms with Crippen LogP contribution in [-0.4, -0.2) is 20.8 Å². The summed E-state index contributed by atoms with van der Waals surface area (Å²) >= 11 is 0. The summed E-state index contributed by atoms with van der Waals surface area (Å²) in [4.78, 5) is 0. The average molecular weight is 201 g/mol. The Morgan fingerprint density at radius 2 is 2.07 bits per heavy atom. The van der Waals surface area contributed by atoms with Crippen molar-refractivity contribution in [1.82, 2.24) is 5.32 Å². The predicted octanol–water partition coefficient (Wildman–Crippen LogP) is 1.87. The van der Waals surface area contributed by atoms with Gasteiger partial charge in [0.25, 0.3) is 0 Å². The second-order valence-corrected chi connectivity index (χ2v) is 2.97. The topological polar surface area (TPSA) is 21.3 Å². The van der Waals surface area contributed by atoms with Crippen molar-refractivity contribution in [3.63, 3.8) is 0 Å². The molecule has 1 N–H and O–H groups in total. The van der Waals surface area contributed by atoms with Crippen molar-refractivity contribution in [2.24, 2.45) is 0 Å². The Bertz CT molecular complexity index is 304. The summed E-state index contributed by atoms with van der Waals surface area (Å²) in [5.41, 5.74) is 0.674. The SMILES string of the molecule is CNC(COC)c1ccc(F)c(F)c1. The highest BCUT2D eigenvalue weighted by molar-refractivity contribution is 5.21. The lowest BCUT2D eigenvalue weighted by molar-refractivity contribution is 0.170. The molecule has 0 saturated carbocycles. The monoisotopic (exact) mass is 201 g/mol. The molecular weight excluding hydrogens is 188 g/mol. The molecule has 0 heterocycles. The molecule has 0 aromatic heterocycles. The number of ether oxygens (including phenoxy) is 1. The smallest absolute Gasteiger partial charge is 0.159 e. The van der Waals surface area contributed by atoms with Gasteiger partial charge >= 0.3 is 0 Å². The second kappa shape index (κ2) is 5.02. The van der Waals surface area contributed by atoms with Gasteiger partial charge in [0.1, 0.15) is 0 Å². The summed E-state index contributed by atoms with van der Waals surface area (Å²) < 4.78 is 30.4. The van der Waals surface area contributed by atoms with Gasteiger partial charge in [0.15, 0.2) is 11.6 Å². The summed E-state index contributed by atoms with van der Waals surface area (Å²) in [5, 5.41) is 2.95. The number of rotatable bonds is 4. The number of likely N-dealkylation sites (N-methyl/N-ethyl adjacent to an activating group) is 1. The van der Waals surface area contributed by atoms with E-state index in [2.05, 4.69) is 5.32 Å². The van der Waals surface area contributed by atoms with E-state index in [0.29, 0.717) is 12.2 Å². The first-order valence-corrected chi connectivity index (χ1v) is 4.30. The molecule has 1 aromatic rings. The molecule has 4 heteroatoms. The van der Waals surface area contributed by atoms with Crippen LogP contribution >= 0.6 is 0 Å². The maximum atomic E-state index is 12.9. The first-order chi connectivity index (χ1) is 6.69. The van der Waals surface area contributed by atoms with Gasteiger partial charge < -0.3 is 10.1 Å². The third-order valence-electron chi connectivity index (χ3n) is 2.03. The van der Waals surface area contributed by atoms with Gasteiger partial charge in [0, 0.05) is 7.11 Å². The van der Waals surface area contributed by atoms with Gasteiger partial charge in [0.05, 0.1) is 12.6 Å². The van der Waals surface area contributed by atoms with Crippen molar-refractivity contribution in [3.05, 3.63) is 35.4 Å².